The van der Waals surface area contributed by atoms with E-state index in [-0.39, 0.29) is 23.5 Å². The van der Waals surface area contributed by atoms with Gasteiger partial charge in [0.1, 0.15) is 28.7 Å². The van der Waals surface area contributed by atoms with E-state index in [1.165, 1.54) is 32.4 Å². The van der Waals surface area contributed by atoms with Crippen LogP contribution < -0.4 is 14.2 Å². The van der Waals surface area contributed by atoms with E-state index in [1.54, 1.807) is 37.4 Å². The van der Waals surface area contributed by atoms with Crippen LogP contribution in [0.1, 0.15) is 17.3 Å². The molecule has 1 heterocycles. The summed E-state index contributed by atoms with van der Waals surface area (Å²) in [4.78, 5) is 17.1. The number of aromatic nitrogens is 1. The van der Waals surface area contributed by atoms with Gasteiger partial charge in [0.2, 0.25) is 0 Å². The van der Waals surface area contributed by atoms with Crippen molar-refractivity contribution in [2.75, 3.05) is 20.8 Å². The second-order valence-electron chi connectivity index (χ2n) is 7.19. The summed E-state index contributed by atoms with van der Waals surface area (Å²) in [6, 6.07) is 12.9. The van der Waals surface area contributed by atoms with Crippen LogP contribution in [-0.4, -0.2) is 31.8 Å². The van der Waals surface area contributed by atoms with Crippen molar-refractivity contribution in [3.8, 4) is 34.1 Å². The number of hydrogen-bond acceptors (Lipinski definition) is 6. The van der Waals surface area contributed by atoms with Gasteiger partial charge < -0.3 is 18.9 Å². The number of nitrogens with zero attached hydrogens (tertiary/aromatic N) is 1. The molecule has 0 radical (unpaired) electrons. The predicted octanol–water partition coefficient (Wildman–Crippen LogP) is 6.17. The minimum atomic E-state index is -0.746. The number of halogens is 2. The highest BCUT2D eigenvalue weighted by Crippen LogP contribution is 2.38. The molecule has 0 atom stereocenters. The minimum absolute atomic E-state index is 0.0912. The molecule has 3 aromatic carbocycles. The van der Waals surface area contributed by atoms with Crippen molar-refractivity contribution in [1.82, 2.24) is 4.98 Å². The largest absolute Gasteiger partial charge is 0.493 e. The molecule has 4 rings (SSSR count). The molecule has 0 saturated heterocycles. The Morgan fingerprint density at radius 2 is 1.65 bits per heavy atom. The van der Waals surface area contributed by atoms with Gasteiger partial charge >= 0.3 is 5.97 Å². The van der Waals surface area contributed by atoms with Crippen LogP contribution in [0, 0.1) is 11.6 Å². The predicted molar refractivity (Wildman–Crippen MR) is 123 cm³/mol. The van der Waals surface area contributed by atoms with Crippen LogP contribution in [0.2, 0.25) is 0 Å². The molecule has 0 saturated carbocycles. The molecule has 174 valence electrons. The first-order chi connectivity index (χ1) is 16.4. The monoisotopic (exact) mass is 465 g/mol. The SMILES string of the molecule is CCOC(=O)c1cc(-c2ccc(F)cc2F)ccc1Oc1ccnc2cc(OC)c(OC)cc12. The fourth-order valence-corrected chi connectivity index (χ4v) is 3.53. The van der Waals surface area contributed by atoms with Crippen molar-refractivity contribution in [3.05, 3.63) is 78.0 Å². The standard InChI is InChI=1S/C26H21F2NO5/c1-4-33-26(30)19-11-15(17-7-6-16(27)12-20(17)28)5-8-22(19)34-23-9-10-29-21-14-25(32-3)24(31-2)13-18(21)23/h5-14H,4H2,1-3H3. The molecule has 0 fully saturated rings. The minimum Gasteiger partial charge on any atom is -0.493 e. The quantitative estimate of drug-likeness (QED) is 0.304. The molecule has 0 amide bonds. The first kappa shape index (κ1) is 23.0. The van der Waals surface area contributed by atoms with Crippen molar-refractivity contribution in [2.24, 2.45) is 0 Å². The molecule has 0 unspecified atom stereocenters. The van der Waals surface area contributed by atoms with Gasteiger partial charge in [-0.1, -0.05) is 6.07 Å². The van der Waals surface area contributed by atoms with Gasteiger partial charge in [0.15, 0.2) is 11.5 Å². The molecule has 0 aliphatic heterocycles. The molecule has 0 bridgehead atoms. The Morgan fingerprint density at radius 3 is 2.35 bits per heavy atom. The summed E-state index contributed by atoms with van der Waals surface area (Å²) >= 11 is 0. The molecule has 0 spiro atoms. The number of esters is 1. The van der Waals surface area contributed by atoms with E-state index in [0.29, 0.717) is 33.7 Å². The van der Waals surface area contributed by atoms with Gasteiger partial charge in [0.25, 0.3) is 0 Å². The maximum absolute atomic E-state index is 14.4. The average Bonchev–Trinajstić information content (AvgIpc) is 2.84. The molecule has 8 heteroatoms. The molecule has 1 aromatic heterocycles. The number of hydrogen-bond donors (Lipinski definition) is 0. The van der Waals surface area contributed by atoms with E-state index in [1.807, 2.05) is 0 Å². The highest BCUT2D eigenvalue weighted by atomic mass is 19.1. The van der Waals surface area contributed by atoms with Crippen LogP contribution in [0.4, 0.5) is 8.78 Å². The fraction of sp³-hybridized carbons (Fsp3) is 0.154. The summed E-state index contributed by atoms with van der Waals surface area (Å²) in [6.45, 7) is 1.82. The summed E-state index contributed by atoms with van der Waals surface area (Å²) < 4.78 is 49.7. The lowest BCUT2D eigenvalue weighted by molar-refractivity contribution is 0.0523. The van der Waals surface area contributed by atoms with Gasteiger partial charge in [0.05, 0.1) is 26.3 Å². The van der Waals surface area contributed by atoms with Gasteiger partial charge in [-0.15, -0.1) is 0 Å². The normalized spacial score (nSPS) is 10.7. The summed E-state index contributed by atoms with van der Waals surface area (Å²) in [7, 11) is 3.05. The van der Waals surface area contributed by atoms with E-state index in [9.17, 15) is 13.6 Å². The Hall–Kier alpha value is -4.20. The first-order valence-electron chi connectivity index (χ1n) is 10.4. The number of fused-ring (bicyclic) bond motifs is 1. The van der Waals surface area contributed by atoms with Gasteiger partial charge in [-0.05, 0) is 48.9 Å². The third kappa shape index (κ3) is 4.47. The Labute approximate surface area is 194 Å². The van der Waals surface area contributed by atoms with Gasteiger partial charge in [-0.3, -0.25) is 4.98 Å². The highest BCUT2D eigenvalue weighted by Gasteiger charge is 2.19. The highest BCUT2D eigenvalue weighted by molar-refractivity contribution is 5.95. The van der Waals surface area contributed by atoms with Crippen molar-refractivity contribution in [3.63, 3.8) is 0 Å². The Bertz CT molecular complexity index is 1370. The number of carbonyl (C=O) groups is 1. The molecule has 0 aliphatic rings. The van der Waals surface area contributed by atoms with E-state index in [2.05, 4.69) is 4.98 Å². The lowest BCUT2D eigenvalue weighted by Gasteiger charge is -2.15. The summed E-state index contributed by atoms with van der Waals surface area (Å²) in [5, 5.41) is 0.628. The van der Waals surface area contributed by atoms with Crippen molar-refractivity contribution < 1.29 is 32.5 Å². The molecule has 34 heavy (non-hydrogen) atoms. The number of rotatable bonds is 7. The maximum atomic E-state index is 14.4. The van der Waals surface area contributed by atoms with Crippen molar-refractivity contribution in [1.29, 1.82) is 0 Å². The van der Waals surface area contributed by atoms with Crippen molar-refractivity contribution >= 4 is 16.9 Å². The van der Waals surface area contributed by atoms with Crippen LogP contribution >= 0.6 is 0 Å². The Kier molecular flexibility index (Phi) is 6.58. The maximum Gasteiger partial charge on any atom is 0.341 e. The smallest absolute Gasteiger partial charge is 0.341 e. The molecule has 4 aromatic rings. The van der Waals surface area contributed by atoms with Gasteiger partial charge in [0, 0.05) is 29.3 Å². The van der Waals surface area contributed by atoms with Crippen LogP contribution in [0.25, 0.3) is 22.0 Å². The van der Waals surface area contributed by atoms with Crippen LogP contribution in [-0.2, 0) is 4.74 Å². The number of pyridine rings is 1. The molecular formula is C26H21F2NO5. The van der Waals surface area contributed by atoms with Gasteiger partial charge in [-0.25, -0.2) is 13.6 Å². The van der Waals surface area contributed by atoms with E-state index in [0.717, 1.165) is 12.1 Å². The molecule has 0 aliphatic carbocycles. The zero-order valence-electron chi connectivity index (χ0n) is 18.7. The van der Waals surface area contributed by atoms with Crippen molar-refractivity contribution in [2.45, 2.75) is 6.92 Å². The lowest BCUT2D eigenvalue weighted by Crippen LogP contribution is -2.07. The third-order valence-electron chi connectivity index (χ3n) is 5.14. The second kappa shape index (κ2) is 9.74. The zero-order valence-corrected chi connectivity index (χ0v) is 18.7. The van der Waals surface area contributed by atoms with E-state index < -0.39 is 17.6 Å². The molecular weight excluding hydrogens is 444 g/mol. The Balaban J connectivity index is 1.81. The number of benzene rings is 3. The zero-order chi connectivity index (χ0) is 24.2. The van der Waals surface area contributed by atoms with Gasteiger partial charge in [-0.2, -0.15) is 0 Å². The van der Waals surface area contributed by atoms with E-state index >= 15 is 0 Å². The molecule has 6 nitrogen and oxygen atoms in total. The Morgan fingerprint density at radius 1 is 0.882 bits per heavy atom. The lowest BCUT2D eigenvalue weighted by atomic mass is 10.0. The number of ether oxygens (including phenoxy) is 4. The van der Waals surface area contributed by atoms with Crippen LogP contribution in [0.3, 0.4) is 0 Å². The first-order valence-corrected chi connectivity index (χ1v) is 10.4. The average molecular weight is 465 g/mol. The molecule has 0 N–H and O–H groups in total. The number of methoxy groups -OCH3 is 2. The summed E-state index contributed by atoms with van der Waals surface area (Å²) in [6.07, 6.45) is 1.57. The number of carbonyl (C=O) groups excluding carboxylic acids is 1. The van der Waals surface area contributed by atoms with Crippen LogP contribution in [0.5, 0.6) is 23.0 Å². The second-order valence-corrected chi connectivity index (χ2v) is 7.19. The third-order valence-corrected chi connectivity index (χ3v) is 5.14. The van der Waals surface area contributed by atoms with E-state index in [4.69, 9.17) is 18.9 Å². The summed E-state index contributed by atoms with van der Waals surface area (Å²) in [5.74, 6) is -0.463. The summed E-state index contributed by atoms with van der Waals surface area (Å²) in [5.41, 5.74) is 1.20. The van der Waals surface area contributed by atoms with Crippen LogP contribution in [0.15, 0.2) is 60.8 Å². The topological polar surface area (TPSA) is 66.9 Å². The fourth-order valence-electron chi connectivity index (χ4n) is 3.53.